The fourth-order valence-electron chi connectivity index (χ4n) is 3.16. The molecule has 3 aromatic carbocycles. The second-order valence-corrected chi connectivity index (χ2v) is 7.54. The third kappa shape index (κ3) is 3.59. The molecule has 2 heterocycles. The van der Waals surface area contributed by atoms with Crippen molar-refractivity contribution in [2.75, 3.05) is 6.79 Å². The van der Waals surface area contributed by atoms with Gasteiger partial charge < -0.3 is 18.9 Å². The number of hydrogen-bond acceptors (Lipinski definition) is 5. The van der Waals surface area contributed by atoms with Crippen molar-refractivity contribution in [2.24, 2.45) is 0 Å². The van der Waals surface area contributed by atoms with Gasteiger partial charge in [0, 0.05) is 10.5 Å². The highest BCUT2D eigenvalue weighted by molar-refractivity contribution is 9.10. The molecule has 29 heavy (non-hydrogen) atoms. The summed E-state index contributed by atoms with van der Waals surface area (Å²) in [6.45, 7) is 0.638. The van der Waals surface area contributed by atoms with Crippen LogP contribution in [0.15, 0.2) is 70.9 Å². The van der Waals surface area contributed by atoms with Crippen LogP contribution in [0.3, 0.4) is 0 Å². The molecule has 144 valence electrons. The molecule has 0 spiro atoms. The van der Waals surface area contributed by atoms with Crippen molar-refractivity contribution in [1.82, 2.24) is 0 Å². The topological polar surface area (TPSA) is 54.0 Å². The SMILES string of the molecule is O=C1C(=Cc2ccc3c(c2)OCO3)Oc2cc(OCc3ccc(Br)cc3)ccc21. The Morgan fingerprint density at radius 2 is 1.76 bits per heavy atom. The predicted molar refractivity (Wildman–Crippen MR) is 110 cm³/mol. The predicted octanol–water partition coefficient (Wildman–Crippen LogP) is 5.37. The lowest BCUT2D eigenvalue weighted by Crippen LogP contribution is -1.98. The van der Waals surface area contributed by atoms with Crippen LogP contribution in [-0.2, 0) is 6.61 Å². The molecule has 0 N–H and O–H groups in total. The van der Waals surface area contributed by atoms with Gasteiger partial charge in [0.1, 0.15) is 18.1 Å². The minimum absolute atomic E-state index is 0.155. The van der Waals surface area contributed by atoms with E-state index in [2.05, 4.69) is 15.9 Å². The molecule has 5 rings (SSSR count). The lowest BCUT2D eigenvalue weighted by atomic mass is 10.1. The van der Waals surface area contributed by atoms with Crippen LogP contribution >= 0.6 is 15.9 Å². The van der Waals surface area contributed by atoms with Crippen molar-refractivity contribution in [3.8, 4) is 23.0 Å². The second-order valence-electron chi connectivity index (χ2n) is 6.63. The molecule has 0 fully saturated rings. The largest absolute Gasteiger partial charge is 0.489 e. The number of ketones is 1. The molecule has 0 saturated carbocycles. The molecule has 0 bridgehead atoms. The van der Waals surface area contributed by atoms with E-state index in [0.29, 0.717) is 35.2 Å². The highest BCUT2D eigenvalue weighted by atomic mass is 79.9. The molecule has 0 aliphatic carbocycles. The van der Waals surface area contributed by atoms with Gasteiger partial charge in [-0.05, 0) is 53.6 Å². The summed E-state index contributed by atoms with van der Waals surface area (Å²) in [5.41, 5.74) is 2.37. The molecule has 6 heteroatoms. The monoisotopic (exact) mass is 450 g/mol. The maximum absolute atomic E-state index is 12.7. The highest BCUT2D eigenvalue weighted by Gasteiger charge is 2.28. The molecule has 0 aromatic heterocycles. The van der Waals surface area contributed by atoms with E-state index in [4.69, 9.17) is 18.9 Å². The quantitative estimate of drug-likeness (QED) is 0.499. The maximum atomic E-state index is 12.7. The molecular weight excluding hydrogens is 436 g/mol. The van der Waals surface area contributed by atoms with Crippen molar-refractivity contribution in [3.63, 3.8) is 0 Å². The van der Waals surface area contributed by atoms with Crippen LogP contribution in [0, 0.1) is 0 Å². The molecule has 0 atom stereocenters. The van der Waals surface area contributed by atoms with Crippen LogP contribution < -0.4 is 18.9 Å². The number of carbonyl (C=O) groups excluding carboxylic acids is 1. The number of rotatable bonds is 4. The molecule has 5 nitrogen and oxygen atoms in total. The van der Waals surface area contributed by atoms with Crippen molar-refractivity contribution >= 4 is 27.8 Å². The minimum Gasteiger partial charge on any atom is -0.489 e. The van der Waals surface area contributed by atoms with Gasteiger partial charge in [0.15, 0.2) is 17.3 Å². The lowest BCUT2D eigenvalue weighted by Gasteiger charge is -2.07. The first-order valence-electron chi connectivity index (χ1n) is 9.01. The number of fused-ring (bicyclic) bond motifs is 2. The van der Waals surface area contributed by atoms with Crippen LogP contribution in [0.1, 0.15) is 21.5 Å². The normalized spacial score (nSPS) is 15.3. The summed E-state index contributed by atoms with van der Waals surface area (Å²) in [7, 11) is 0. The van der Waals surface area contributed by atoms with Gasteiger partial charge in [-0.2, -0.15) is 0 Å². The van der Waals surface area contributed by atoms with Crippen LogP contribution in [-0.4, -0.2) is 12.6 Å². The Morgan fingerprint density at radius 1 is 0.931 bits per heavy atom. The molecule has 2 aliphatic rings. The molecule has 0 saturated heterocycles. The average Bonchev–Trinajstić information content (AvgIpc) is 3.32. The zero-order valence-electron chi connectivity index (χ0n) is 15.2. The summed E-state index contributed by atoms with van der Waals surface area (Å²) in [5, 5.41) is 0. The van der Waals surface area contributed by atoms with E-state index in [0.717, 1.165) is 15.6 Å². The molecule has 3 aromatic rings. The Morgan fingerprint density at radius 3 is 2.62 bits per heavy atom. The average molecular weight is 451 g/mol. The number of ether oxygens (including phenoxy) is 4. The molecule has 0 unspecified atom stereocenters. The van der Waals surface area contributed by atoms with Gasteiger partial charge in [0.2, 0.25) is 12.6 Å². The fraction of sp³-hybridized carbons (Fsp3) is 0.0870. The first-order chi connectivity index (χ1) is 14.2. The summed E-state index contributed by atoms with van der Waals surface area (Å²) in [4.78, 5) is 12.7. The molecule has 2 aliphatic heterocycles. The Hall–Kier alpha value is -3.25. The van der Waals surface area contributed by atoms with E-state index < -0.39 is 0 Å². The van der Waals surface area contributed by atoms with Crippen molar-refractivity contribution in [3.05, 3.63) is 87.6 Å². The first kappa shape index (κ1) is 17.8. The fourth-order valence-corrected chi connectivity index (χ4v) is 3.42. The summed E-state index contributed by atoms with van der Waals surface area (Å²) >= 11 is 3.42. The van der Waals surface area contributed by atoms with E-state index in [1.54, 1.807) is 24.3 Å². The number of benzene rings is 3. The molecular formula is C23H15BrO5. The number of carbonyl (C=O) groups is 1. The zero-order chi connectivity index (χ0) is 19.8. The number of allylic oxidation sites excluding steroid dienone is 1. The van der Waals surface area contributed by atoms with Gasteiger partial charge in [-0.1, -0.05) is 34.1 Å². The third-order valence-electron chi connectivity index (χ3n) is 4.65. The Bertz CT molecular complexity index is 1130. The van der Waals surface area contributed by atoms with E-state index in [9.17, 15) is 4.79 Å². The minimum atomic E-state index is -0.155. The molecule has 0 amide bonds. The number of Topliss-reactive ketones (excluding diaryl/α,β-unsaturated/α-hetero) is 1. The Balaban J connectivity index is 1.33. The van der Waals surface area contributed by atoms with Crippen molar-refractivity contribution in [1.29, 1.82) is 0 Å². The van der Waals surface area contributed by atoms with Gasteiger partial charge in [0.05, 0.1) is 5.56 Å². The smallest absolute Gasteiger partial charge is 0.231 e. The number of halogens is 1. The lowest BCUT2D eigenvalue weighted by molar-refractivity contribution is 0.101. The third-order valence-corrected chi connectivity index (χ3v) is 5.18. The van der Waals surface area contributed by atoms with E-state index in [1.165, 1.54) is 0 Å². The van der Waals surface area contributed by atoms with Crippen LogP contribution in [0.25, 0.3) is 6.08 Å². The van der Waals surface area contributed by atoms with E-state index in [1.807, 2.05) is 42.5 Å². The van der Waals surface area contributed by atoms with Gasteiger partial charge in [0.25, 0.3) is 0 Å². The van der Waals surface area contributed by atoms with E-state index >= 15 is 0 Å². The summed E-state index contributed by atoms with van der Waals surface area (Å²) in [5.74, 6) is 2.60. The van der Waals surface area contributed by atoms with Crippen LogP contribution in [0.4, 0.5) is 0 Å². The second kappa shape index (κ2) is 7.29. The number of hydrogen-bond donors (Lipinski definition) is 0. The summed E-state index contributed by atoms with van der Waals surface area (Å²) in [6.07, 6.45) is 1.70. The summed E-state index contributed by atoms with van der Waals surface area (Å²) < 4.78 is 23.4. The van der Waals surface area contributed by atoms with Crippen molar-refractivity contribution in [2.45, 2.75) is 6.61 Å². The van der Waals surface area contributed by atoms with Gasteiger partial charge in [-0.15, -0.1) is 0 Å². The van der Waals surface area contributed by atoms with Crippen molar-refractivity contribution < 1.29 is 23.7 Å². The van der Waals surface area contributed by atoms with E-state index in [-0.39, 0.29) is 18.3 Å². The van der Waals surface area contributed by atoms with Crippen LogP contribution in [0.5, 0.6) is 23.0 Å². The van der Waals surface area contributed by atoms with Gasteiger partial charge in [-0.3, -0.25) is 4.79 Å². The summed E-state index contributed by atoms with van der Waals surface area (Å²) in [6, 6.07) is 18.7. The first-order valence-corrected chi connectivity index (χ1v) is 9.80. The molecule has 0 radical (unpaired) electrons. The highest BCUT2D eigenvalue weighted by Crippen LogP contribution is 2.37. The van der Waals surface area contributed by atoms with Gasteiger partial charge >= 0.3 is 0 Å². The maximum Gasteiger partial charge on any atom is 0.231 e. The Kier molecular flexibility index (Phi) is 4.48. The Labute approximate surface area is 175 Å². The standard InChI is InChI=1S/C23H15BrO5/c24-16-4-1-14(2-5-16)12-26-17-6-7-18-20(11-17)29-22(23(18)25)10-15-3-8-19-21(9-15)28-13-27-19/h1-11H,12-13H2. The van der Waals surface area contributed by atoms with Gasteiger partial charge in [-0.25, -0.2) is 0 Å². The van der Waals surface area contributed by atoms with Crippen LogP contribution in [0.2, 0.25) is 0 Å². The zero-order valence-corrected chi connectivity index (χ0v) is 16.8.